The first-order valence-electron chi connectivity index (χ1n) is 16.6. The second kappa shape index (κ2) is 25.5. The van der Waals surface area contributed by atoms with Gasteiger partial charge in [-0.3, -0.25) is 39.0 Å². The van der Waals surface area contributed by atoms with Crippen molar-refractivity contribution < 1.29 is 39.0 Å². The summed E-state index contributed by atoms with van der Waals surface area (Å²) < 4.78 is 0. The zero-order valence-corrected chi connectivity index (χ0v) is 33.1. The molecule has 12 heteroatoms. The molecule has 3 atom stereocenters. The Bertz CT molecular complexity index is 1130. The topological polar surface area (TPSA) is 182 Å². The van der Waals surface area contributed by atoms with Crippen molar-refractivity contribution in [3.8, 4) is 0 Å². The second-order valence-corrected chi connectivity index (χ2v) is 18.7. The number of carboxylic acids is 2. The lowest BCUT2D eigenvalue weighted by Crippen LogP contribution is -2.51. The fraction of sp³-hybridized carbons (Fsp3) is 0.857. The standard InChI is InChI=1S/C12H22N2O2.2C12H23NO3.6CH4/c1-11(2,3)13-8-7-9(15)14(10(8)16)12(4,5)6;1-11(2,3)10(16)8(7-9(14)15)13-12(4,5)6;1-11(2,3)9(14)7-8(10(15)16)13-12(4,5)6;;;;;;/h8,13H,7H2,1-6H3;8,13H,7H2,1-6H3,(H,14,15);8,13H,7H2,1-6H3,(H,15,16);6*1H4. The van der Waals surface area contributed by atoms with Crippen LogP contribution in [0.4, 0.5) is 0 Å². The van der Waals surface area contributed by atoms with Crippen molar-refractivity contribution in [1.29, 1.82) is 0 Å². The molecule has 2 amide bonds. The highest BCUT2D eigenvalue weighted by Gasteiger charge is 2.45. The van der Waals surface area contributed by atoms with Crippen molar-refractivity contribution in [2.24, 2.45) is 10.8 Å². The molecule has 1 fully saturated rings. The van der Waals surface area contributed by atoms with E-state index in [1.165, 1.54) is 4.90 Å². The number of amides is 2. The van der Waals surface area contributed by atoms with E-state index in [9.17, 15) is 28.8 Å². The van der Waals surface area contributed by atoms with Crippen LogP contribution in [0.2, 0.25) is 0 Å². The third kappa shape index (κ3) is 29.6. The Morgan fingerprint density at radius 1 is 0.611 bits per heavy atom. The van der Waals surface area contributed by atoms with Crippen LogP contribution in [0.25, 0.3) is 0 Å². The number of Topliss-reactive ketones (excluding diaryl/α,β-unsaturated/α-hetero) is 2. The molecule has 0 saturated carbocycles. The molecule has 0 bridgehead atoms. The van der Waals surface area contributed by atoms with E-state index in [2.05, 4.69) is 16.0 Å². The summed E-state index contributed by atoms with van der Waals surface area (Å²) >= 11 is 0. The summed E-state index contributed by atoms with van der Waals surface area (Å²) in [4.78, 5) is 70.8. The van der Waals surface area contributed by atoms with E-state index in [0.29, 0.717) is 0 Å². The minimum absolute atomic E-state index is 0. The van der Waals surface area contributed by atoms with Gasteiger partial charge in [-0.15, -0.1) is 0 Å². The van der Waals surface area contributed by atoms with E-state index in [-0.39, 0.29) is 110 Å². The third-order valence-corrected chi connectivity index (χ3v) is 6.60. The van der Waals surface area contributed by atoms with E-state index in [1.807, 2.05) is 83.1 Å². The number of ketones is 2. The quantitative estimate of drug-likeness (QED) is 0.141. The third-order valence-electron chi connectivity index (χ3n) is 6.60. The Labute approximate surface area is 334 Å². The number of likely N-dealkylation sites (tertiary alicyclic amines) is 1. The molecule has 328 valence electrons. The normalized spacial score (nSPS) is 15.5. The lowest BCUT2D eigenvalue weighted by molar-refractivity contribution is -0.144. The maximum atomic E-state index is 12.1. The zero-order chi connectivity index (χ0) is 39.0. The predicted octanol–water partition coefficient (Wildman–Crippen LogP) is 8.78. The van der Waals surface area contributed by atoms with E-state index in [4.69, 9.17) is 10.2 Å². The first-order valence-corrected chi connectivity index (χ1v) is 16.6. The Hall–Kier alpha value is -2.70. The van der Waals surface area contributed by atoms with Crippen LogP contribution in [-0.4, -0.2) is 90.7 Å². The molecule has 1 saturated heterocycles. The van der Waals surface area contributed by atoms with Gasteiger partial charge >= 0.3 is 11.9 Å². The fourth-order valence-electron chi connectivity index (χ4n) is 4.62. The molecule has 12 nitrogen and oxygen atoms in total. The largest absolute Gasteiger partial charge is 0.481 e. The molecule has 1 aliphatic heterocycles. The summed E-state index contributed by atoms with van der Waals surface area (Å²) in [5, 5.41) is 27.0. The van der Waals surface area contributed by atoms with Crippen LogP contribution in [0, 0.1) is 10.8 Å². The van der Waals surface area contributed by atoms with Crippen LogP contribution in [0.15, 0.2) is 0 Å². The van der Waals surface area contributed by atoms with E-state index in [1.54, 1.807) is 41.5 Å². The van der Waals surface area contributed by atoms with Crippen molar-refractivity contribution in [2.75, 3.05) is 0 Å². The van der Waals surface area contributed by atoms with Crippen molar-refractivity contribution >= 4 is 35.3 Å². The number of rotatable bonds is 9. The van der Waals surface area contributed by atoms with Gasteiger partial charge in [0.1, 0.15) is 11.8 Å². The SMILES string of the molecule is C.C.C.C.C.C.CC(C)(C)NC(CC(=O)C(C)(C)C)C(=O)O.CC(C)(C)NC(CC(=O)O)C(=O)C(C)(C)C.CC(C)(C)NC1CC(=O)N(C(C)(C)C)C1=O. The Morgan fingerprint density at radius 3 is 1.22 bits per heavy atom. The number of nitrogens with one attached hydrogen (secondary N) is 3. The first kappa shape index (κ1) is 69.2. The summed E-state index contributed by atoms with van der Waals surface area (Å²) in [6.45, 7) is 33.8. The van der Waals surface area contributed by atoms with Gasteiger partial charge in [-0.25, -0.2) is 0 Å². The van der Waals surface area contributed by atoms with Gasteiger partial charge in [0.25, 0.3) is 0 Å². The maximum absolute atomic E-state index is 12.1. The molecular weight excluding hydrogens is 688 g/mol. The molecule has 1 rings (SSSR count). The van der Waals surface area contributed by atoms with E-state index < -0.39 is 40.4 Å². The lowest BCUT2D eigenvalue weighted by Gasteiger charge is -2.31. The summed E-state index contributed by atoms with van der Waals surface area (Å²) in [6.07, 6.45) is 0.122. The number of hydrogen-bond donors (Lipinski definition) is 5. The Morgan fingerprint density at radius 2 is 0.981 bits per heavy atom. The highest BCUT2D eigenvalue weighted by molar-refractivity contribution is 6.06. The van der Waals surface area contributed by atoms with E-state index in [0.717, 1.165) is 0 Å². The highest BCUT2D eigenvalue weighted by Crippen LogP contribution is 2.25. The van der Waals surface area contributed by atoms with Crippen molar-refractivity contribution in [2.45, 2.75) is 229 Å². The summed E-state index contributed by atoms with van der Waals surface area (Å²) in [5.41, 5.74) is -2.20. The van der Waals surface area contributed by atoms with Gasteiger partial charge in [-0.05, 0) is 83.1 Å². The minimum Gasteiger partial charge on any atom is -0.481 e. The monoisotopic (exact) mass is 781 g/mol. The van der Waals surface area contributed by atoms with Crippen molar-refractivity contribution in [3.05, 3.63) is 0 Å². The molecule has 54 heavy (non-hydrogen) atoms. The number of carboxylic acid groups (broad SMARTS) is 2. The van der Waals surface area contributed by atoms with Crippen molar-refractivity contribution in [3.63, 3.8) is 0 Å². The number of carbonyl (C=O) groups excluding carboxylic acids is 4. The second-order valence-electron chi connectivity index (χ2n) is 18.7. The number of nitrogens with zero attached hydrogens (tertiary/aromatic N) is 1. The Balaban J connectivity index is -0.0000000928. The van der Waals surface area contributed by atoms with Gasteiger partial charge in [-0.1, -0.05) is 86.1 Å². The van der Waals surface area contributed by atoms with Gasteiger partial charge in [0.05, 0.1) is 24.9 Å². The van der Waals surface area contributed by atoms with Crippen LogP contribution in [-0.2, 0) is 28.8 Å². The van der Waals surface area contributed by atoms with Gasteiger partial charge in [0.15, 0.2) is 5.78 Å². The molecule has 5 N–H and O–H groups in total. The molecule has 0 aliphatic carbocycles. The van der Waals surface area contributed by atoms with Crippen LogP contribution < -0.4 is 16.0 Å². The number of hydrogen-bond acceptors (Lipinski definition) is 9. The lowest BCUT2D eigenvalue weighted by atomic mass is 9.84. The number of carbonyl (C=O) groups is 6. The van der Waals surface area contributed by atoms with Crippen LogP contribution in [0.1, 0.15) is 188 Å². The summed E-state index contributed by atoms with van der Waals surface area (Å²) in [7, 11) is 0. The molecule has 1 aliphatic rings. The van der Waals surface area contributed by atoms with Gasteiger partial charge in [0, 0.05) is 39.4 Å². The molecule has 1 heterocycles. The maximum Gasteiger partial charge on any atom is 0.321 e. The highest BCUT2D eigenvalue weighted by atomic mass is 16.4. The molecule has 0 spiro atoms. The van der Waals surface area contributed by atoms with Crippen LogP contribution in [0.3, 0.4) is 0 Å². The van der Waals surface area contributed by atoms with Gasteiger partial charge in [0.2, 0.25) is 11.8 Å². The number of imide groups is 1. The smallest absolute Gasteiger partial charge is 0.321 e. The van der Waals surface area contributed by atoms with Gasteiger partial charge in [-0.2, -0.15) is 0 Å². The Kier molecular flexibility index (Phi) is 32.6. The molecule has 0 radical (unpaired) electrons. The molecule has 3 unspecified atom stereocenters. The summed E-state index contributed by atoms with van der Waals surface area (Å²) in [6, 6.07) is -1.81. The number of aliphatic carboxylic acids is 2. The average molecular weight is 781 g/mol. The van der Waals surface area contributed by atoms with Crippen LogP contribution in [0.5, 0.6) is 0 Å². The predicted molar refractivity (Wildman–Crippen MR) is 230 cm³/mol. The average Bonchev–Trinajstić information content (AvgIpc) is 3.06. The van der Waals surface area contributed by atoms with Gasteiger partial charge < -0.3 is 20.8 Å². The molecule has 0 aromatic heterocycles. The molecule has 0 aromatic carbocycles. The summed E-state index contributed by atoms with van der Waals surface area (Å²) in [5.74, 6) is -2.24. The minimum atomic E-state index is -0.979. The molecule has 0 aromatic rings. The van der Waals surface area contributed by atoms with Crippen molar-refractivity contribution in [1.82, 2.24) is 20.9 Å². The fourth-order valence-corrected chi connectivity index (χ4v) is 4.62. The first-order chi connectivity index (χ1) is 20.9. The molecular formula is C42H92N4O8. The van der Waals surface area contributed by atoms with E-state index >= 15 is 0 Å². The zero-order valence-electron chi connectivity index (χ0n) is 33.1. The van der Waals surface area contributed by atoms with Crippen LogP contribution >= 0.6 is 0 Å².